The molecule has 0 spiro atoms. The molecule has 0 aliphatic carbocycles. The summed E-state index contributed by atoms with van der Waals surface area (Å²) in [5.41, 5.74) is 0. The second-order valence-electron chi connectivity index (χ2n) is 6.00. The highest BCUT2D eigenvalue weighted by Crippen LogP contribution is 2.28. The SMILES string of the molecule is O=S(=O)(c1ccccc1Br)N1CCC(N2CCC(O)C2)CC1. The van der Waals surface area contributed by atoms with Crippen LogP contribution in [-0.4, -0.2) is 61.1 Å². The maximum Gasteiger partial charge on any atom is 0.244 e. The van der Waals surface area contributed by atoms with E-state index in [0.29, 0.717) is 28.5 Å². The Bertz CT molecular complexity index is 629. The Labute approximate surface area is 140 Å². The predicted molar refractivity (Wildman–Crippen MR) is 88.1 cm³/mol. The zero-order chi connectivity index (χ0) is 15.7. The van der Waals surface area contributed by atoms with Crippen LogP contribution in [0.1, 0.15) is 19.3 Å². The monoisotopic (exact) mass is 388 g/mol. The first-order chi connectivity index (χ1) is 10.5. The molecular formula is C15H21BrN2O3S. The lowest BCUT2D eigenvalue weighted by molar-refractivity contribution is 0.132. The Kier molecular flexibility index (Phi) is 4.89. The summed E-state index contributed by atoms with van der Waals surface area (Å²) in [6.45, 7) is 2.73. The molecule has 0 radical (unpaired) electrons. The van der Waals surface area contributed by atoms with Gasteiger partial charge in [-0.2, -0.15) is 4.31 Å². The van der Waals surface area contributed by atoms with Crippen LogP contribution in [0.5, 0.6) is 0 Å². The van der Waals surface area contributed by atoms with Gasteiger partial charge in [0.05, 0.1) is 11.0 Å². The van der Waals surface area contributed by atoms with E-state index < -0.39 is 10.0 Å². The highest BCUT2D eigenvalue weighted by molar-refractivity contribution is 9.10. The Morgan fingerprint density at radius 3 is 2.36 bits per heavy atom. The number of hydrogen-bond donors (Lipinski definition) is 1. The number of likely N-dealkylation sites (tertiary alicyclic amines) is 1. The molecule has 0 bridgehead atoms. The largest absolute Gasteiger partial charge is 0.392 e. The van der Waals surface area contributed by atoms with Crippen LogP contribution in [-0.2, 0) is 10.0 Å². The molecule has 2 aliphatic rings. The number of sulfonamides is 1. The van der Waals surface area contributed by atoms with E-state index in [0.717, 1.165) is 32.4 Å². The van der Waals surface area contributed by atoms with E-state index in [1.165, 1.54) is 0 Å². The summed E-state index contributed by atoms with van der Waals surface area (Å²) in [4.78, 5) is 2.64. The Balaban J connectivity index is 1.67. The maximum atomic E-state index is 12.7. The molecule has 0 amide bonds. The van der Waals surface area contributed by atoms with Crippen LogP contribution in [0.15, 0.2) is 33.6 Å². The van der Waals surface area contributed by atoms with Crippen LogP contribution in [0.4, 0.5) is 0 Å². The fraction of sp³-hybridized carbons (Fsp3) is 0.600. The molecule has 22 heavy (non-hydrogen) atoms. The van der Waals surface area contributed by atoms with E-state index in [1.54, 1.807) is 22.5 Å². The predicted octanol–water partition coefficient (Wildman–Crippen LogP) is 1.67. The van der Waals surface area contributed by atoms with Crippen LogP contribution in [0.25, 0.3) is 0 Å². The molecule has 2 heterocycles. The first kappa shape index (κ1) is 16.4. The first-order valence-electron chi connectivity index (χ1n) is 7.65. The van der Waals surface area contributed by atoms with Crippen molar-refractivity contribution in [2.45, 2.75) is 36.3 Å². The van der Waals surface area contributed by atoms with Crippen molar-refractivity contribution in [3.8, 4) is 0 Å². The molecule has 5 nitrogen and oxygen atoms in total. The second kappa shape index (κ2) is 6.57. The lowest BCUT2D eigenvalue weighted by Crippen LogP contribution is -2.46. The van der Waals surface area contributed by atoms with E-state index in [2.05, 4.69) is 20.8 Å². The van der Waals surface area contributed by atoms with Gasteiger partial charge in [-0.15, -0.1) is 0 Å². The molecule has 2 aliphatic heterocycles. The van der Waals surface area contributed by atoms with Crippen molar-refractivity contribution in [3.63, 3.8) is 0 Å². The van der Waals surface area contributed by atoms with E-state index >= 15 is 0 Å². The van der Waals surface area contributed by atoms with Crippen LogP contribution in [0.2, 0.25) is 0 Å². The molecule has 7 heteroatoms. The summed E-state index contributed by atoms with van der Waals surface area (Å²) < 4.78 is 27.7. The number of benzene rings is 1. The number of piperidine rings is 1. The topological polar surface area (TPSA) is 60.9 Å². The lowest BCUT2D eigenvalue weighted by atomic mass is 10.1. The molecule has 1 aromatic carbocycles. The fourth-order valence-electron chi connectivity index (χ4n) is 3.34. The van der Waals surface area contributed by atoms with Gasteiger partial charge >= 0.3 is 0 Å². The van der Waals surface area contributed by atoms with Crippen LogP contribution in [0, 0.1) is 0 Å². The Morgan fingerprint density at radius 1 is 1.09 bits per heavy atom. The summed E-state index contributed by atoms with van der Waals surface area (Å²) in [5, 5.41) is 9.64. The molecule has 122 valence electrons. The van der Waals surface area contributed by atoms with Crippen molar-refractivity contribution in [2.75, 3.05) is 26.2 Å². The van der Waals surface area contributed by atoms with E-state index in [1.807, 2.05) is 6.07 Å². The van der Waals surface area contributed by atoms with E-state index in [9.17, 15) is 13.5 Å². The number of aliphatic hydroxyl groups excluding tert-OH is 1. The summed E-state index contributed by atoms with van der Waals surface area (Å²) in [5.74, 6) is 0. The molecule has 1 atom stereocenters. The minimum absolute atomic E-state index is 0.220. The molecule has 1 unspecified atom stereocenters. The van der Waals surface area contributed by atoms with Gasteiger partial charge in [-0.3, -0.25) is 4.90 Å². The van der Waals surface area contributed by atoms with Gasteiger partial charge in [0.15, 0.2) is 0 Å². The van der Waals surface area contributed by atoms with Gasteiger partial charge in [0.1, 0.15) is 0 Å². The van der Waals surface area contributed by atoms with Crippen molar-refractivity contribution in [1.29, 1.82) is 0 Å². The molecular weight excluding hydrogens is 368 g/mol. The van der Waals surface area contributed by atoms with Crippen LogP contribution < -0.4 is 0 Å². The highest BCUT2D eigenvalue weighted by atomic mass is 79.9. The van der Waals surface area contributed by atoms with Gasteiger partial charge in [-0.1, -0.05) is 12.1 Å². The summed E-state index contributed by atoms with van der Waals surface area (Å²) in [6, 6.07) is 7.35. The van der Waals surface area contributed by atoms with Crippen molar-refractivity contribution in [1.82, 2.24) is 9.21 Å². The number of rotatable bonds is 3. The summed E-state index contributed by atoms with van der Waals surface area (Å²) in [6.07, 6.45) is 2.27. The molecule has 1 N–H and O–H groups in total. The van der Waals surface area contributed by atoms with Crippen LogP contribution in [0.3, 0.4) is 0 Å². The summed E-state index contributed by atoms with van der Waals surface area (Å²) >= 11 is 3.33. The molecule has 0 aromatic heterocycles. The van der Waals surface area contributed by atoms with Crippen molar-refractivity contribution in [3.05, 3.63) is 28.7 Å². The number of hydrogen-bond acceptors (Lipinski definition) is 4. The minimum atomic E-state index is -3.43. The van der Waals surface area contributed by atoms with Gasteiger partial charge in [-0.05, 0) is 47.3 Å². The minimum Gasteiger partial charge on any atom is -0.392 e. The Hall–Kier alpha value is -0.470. The van der Waals surface area contributed by atoms with E-state index in [4.69, 9.17) is 0 Å². The second-order valence-corrected chi connectivity index (χ2v) is 8.76. The number of nitrogens with zero attached hydrogens (tertiary/aromatic N) is 2. The standard InChI is InChI=1S/C15H21BrN2O3S/c16-14-3-1-2-4-15(14)22(20,21)18-9-5-12(6-10-18)17-8-7-13(19)11-17/h1-4,12-13,19H,5-11H2. The van der Waals surface area contributed by atoms with Crippen molar-refractivity contribution < 1.29 is 13.5 Å². The molecule has 0 saturated carbocycles. The fourth-order valence-corrected chi connectivity index (χ4v) is 5.77. The first-order valence-corrected chi connectivity index (χ1v) is 9.88. The third-order valence-corrected chi connectivity index (χ3v) is 7.50. The zero-order valence-electron chi connectivity index (χ0n) is 12.4. The molecule has 2 saturated heterocycles. The third-order valence-electron chi connectivity index (χ3n) is 4.59. The third kappa shape index (κ3) is 3.23. The average molecular weight is 389 g/mol. The van der Waals surface area contributed by atoms with Crippen molar-refractivity contribution >= 4 is 26.0 Å². The normalized spacial score (nSPS) is 25.6. The van der Waals surface area contributed by atoms with Gasteiger partial charge in [0.25, 0.3) is 0 Å². The van der Waals surface area contributed by atoms with Crippen molar-refractivity contribution in [2.24, 2.45) is 0 Å². The molecule has 2 fully saturated rings. The van der Waals surface area contributed by atoms with Crippen LogP contribution >= 0.6 is 15.9 Å². The average Bonchev–Trinajstić information content (AvgIpc) is 2.94. The molecule has 3 rings (SSSR count). The maximum absolute atomic E-state index is 12.7. The number of halogens is 1. The van der Waals surface area contributed by atoms with Gasteiger partial charge in [-0.25, -0.2) is 8.42 Å². The lowest BCUT2D eigenvalue weighted by Gasteiger charge is -2.36. The Morgan fingerprint density at radius 2 is 1.77 bits per heavy atom. The summed E-state index contributed by atoms with van der Waals surface area (Å²) in [7, 11) is -3.43. The smallest absolute Gasteiger partial charge is 0.244 e. The highest BCUT2D eigenvalue weighted by Gasteiger charge is 2.34. The number of β-amino-alcohol motifs (C(OH)–C–C–N with tert-alkyl or cyclic N) is 1. The quantitative estimate of drug-likeness (QED) is 0.855. The van der Waals surface area contributed by atoms with Gasteiger partial charge in [0, 0.05) is 36.7 Å². The van der Waals surface area contributed by atoms with Gasteiger partial charge < -0.3 is 5.11 Å². The number of aliphatic hydroxyl groups is 1. The molecule has 1 aromatic rings. The zero-order valence-corrected chi connectivity index (χ0v) is 14.8. The van der Waals surface area contributed by atoms with E-state index in [-0.39, 0.29) is 6.10 Å². The van der Waals surface area contributed by atoms with Gasteiger partial charge in [0.2, 0.25) is 10.0 Å².